The Morgan fingerprint density at radius 3 is 2.30 bits per heavy atom. The number of methoxy groups -OCH3 is 1. The van der Waals surface area contributed by atoms with Gasteiger partial charge in [-0.3, -0.25) is 0 Å². The molecule has 0 aromatic heterocycles. The summed E-state index contributed by atoms with van der Waals surface area (Å²) in [5.41, 5.74) is 6.77. The average molecular weight is 141 g/mol. The average Bonchev–Trinajstić information content (AvgIpc) is 1.74. The van der Waals surface area contributed by atoms with Gasteiger partial charge >= 0.3 is 0 Å². The minimum Gasteiger partial charge on any atom is -0.384 e. The molecule has 0 unspecified atom stereocenters. The van der Waals surface area contributed by atoms with Crippen LogP contribution in [0.25, 0.3) is 0 Å². The van der Waals surface area contributed by atoms with Crippen LogP contribution in [0.3, 0.4) is 0 Å². The first-order valence-corrected chi connectivity index (χ1v) is 3.93. The molecule has 0 atom stereocenters. The lowest BCUT2D eigenvalue weighted by Gasteiger charge is -2.70. The molecule has 58 valence electrons. The molecule has 3 fully saturated rings. The zero-order valence-corrected chi connectivity index (χ0v) is 6.52. The number of ether oxygens (including phenoxy) is 1. The van der Waals surface area contributed by atoms with E-state index in [0.29, 0.717) is 10.8 Å². The molecule has 3 aliphatic carbocycles. The van der Waals surface area contributed by atoms with Crippen LogP contribution in [0.4, 0.5) is 0 Å². The van der Waals surface area contributed by atoms with Crippen LogP contribution in [0, 0.1) is 10.8 Å². The Morgan fingerprint density at radius 2 is 1.90 bits per heavy atom. The van der Waals surface area contributed by atoms with Crippen molar-refractivity contribution in [2.75, 3.05) is 20.3 Å². The molecule has 3 aliphatic rings. The molecule has 0 spiro atoms. The van der Waals surface area contributed by atoms with E-state index in [4.69, 9.17) is 10.5 Å². The molecule has 0 saturated heterocycles. The zero-order chi connectivity index (χ0) is 7.24. The molecule has 2 heteroatoms. The molecule has 2 nitrogen and oxygen atoms in total. The van der Waals surface area contributed by atoms with Crippen molar-refractivity contribution in [1.82, 2.24) is 0 Å². The summed E-state index contributed by atoms with van der Waals surface area (Å²) in [5, 5.41) is 0. The summed E-state index contributed by atoms with van der Waals surface area (Å²) in [6.45, 7) is 1.84. The van der Waals surface area contributed by atoms with Gasteiger partial charge in [0.15, 0.2) is 0 Å². The van der Waals surface area contributed by atoms with E-state index in [-0.39, 0.29) is 0 Å². The van der Waals surface area contributed by atoms with Crippen molar-refractivity contribution in [2.24, 2.45) is 16.6 Å². The van der Waals surface area contributed by atoms with Crippen LogP contribution < -0.4 is 5.73 Å². The minimum atomic E-state index is 0.568. The van der Waals surface area contributed by atoms with E-state index < -0.39 is 0 Å². The van der Waals surface area contributed by atoms with Crippen LogP contribution in [-0.2, 0) is 4.74 Å². The van der Waals surface area contributed by atoms with Crippen molar-refractivity contribution in [3.05, 3.63) is 0 Å². The van der Waals surface area contributed by atoms with E-state index in [1.165, 1.54) is 19.3 Å². The first-order valence-electron chi connectivity index (χ1n) is 3.93. The normalized spacial score (nSPS) is 49.8. The Labute approximate surface area is 61.7 Å². The Morgan fingerprint density at radius 1 is 1.30 bits per heavy atom. The van der Waals surface area contributed by atoms with Gasteiger partial charge in [-0.05, 0) is 36.6 Å². The zero-order valence-electron chi connectivity index (χ0n) is 6.52. The number of nitrogens with two attached hydrogens (primary N) is 1. The summed E-state index contributed by atoms with van der Waals surface area (Å²) < 4.78 is 5.14. The summed E-state index contributed by atoms with van der Waals surface area (Å²) in [7, 11) is 1.79. The fraction of sp³-hybridized carbons (Fsp3) is 1.00. The Kier molecular flexibility index (Phi) is 1.15. The molecule has 0 aliphatic heterocycles. The van der Waals surface area contributed by atoms with Gasteiger partial charge in [0.1, 0.15) is 0 Å². The van der Waals surface area contributed by atoms with Gasteiger partial charge in [-0.25, -0.2) is 0 Å². The van der Waals surface area contributed by atoms with Gasteiger partial charge in [0.05, 0.1) is 6.61 Å². The second kappa shape index (κ2) is 1.74. The highest BCUT2D eigenvalue weighted by atomic mass is 16.5. The highest BCUT2D eigenvalue weighted by Gasteiger charge is 2.66. The molecule has 2 N–H and O–H groups in total. The van der Waals surface area contributed by atoms with Gasteiger partial charge in [0.2, 0.25) is 0 Å². The number of rotatable bonds is 3. The standard InChI is InChI=1S/C8H15NO/c1-10-6-8-2-7(3-8,4-8)5-9/h2-6,9H2,1H3. The third-order valence-electron chi connectivity index (χ3n) is 3.13. The van der Waals surface area contributed by atoms with Crippen LogP contribution in [-0.4, -0.2) is 20.3 Å². The monoisotopic (exact) mass is 141 g/mol. The van der Waals surface area contributed by atoms with E-state index >= 15 is 0 Å². The third-order valence-corrected chi connectivity index (χ3v) is 3.13. The van der Waals surface area contributed by atoms with E-state index in [9.17, 15) is 0 Å². The Hall–Kier alpha value is -0.0800. The molecule has 0 heterocycles. The first kappa shape index (κ1) is 6.62. The maximum Gasteiger partial charge on any atom is 0.0519 e. The highest BCUT2D eigenvalue weighted by molar-refractivity contribution is 5.17. The molecule has 0 aromatic rings. The van der Waals surface area contributed by atoms with Gasteiger partial charge < -0.3 is 10.5 Å². The molecule has 3 rings (SSSR count). The molecule has 10 heavy (non-hydrogen) atoms. The van der Waals surface area contributed by atoms with Crippen molar-refractivity contribution in [3.63, 3.8) is 0 Å². The molecule has 3 saturated carbocycles. The largest absolute Gasteiger partial charge is 0.384 e. The number of hydrogen-bond acceptors (Lipinski definition) is 2. The lowest BCUT2D eigenvalue weighted by Crippen LogP contribution is -2.66. The fourth-order valence-corrected chi connectivity index (χ4v) is 2.91. The molecule has 0 amide bonds. The van der Waals surface area contributed by atoms with Crippen LogP contribution in [0.15, 0.2) is 0 Å². The summed E-state index contributed by atoms with van der Waals surface area (Å²) >= 11 is 0. The molecular weight excluding hydrogens is 126 g/mol. The Balaban J connectivity index is 1.86. The molecule has 2 bridgehead atoms. The molecule has 0 aromatic carbocycles. The van der Waals surface area contributed by atoms with Gasteiger partial charge in [-0.2, -0.15) is 0 Å². The van der Waals surface area contributed by atoms with Gasteiger partial charge in [-0.1, -0.05) is 0 Å². The van der Waals surface area contributed by atoms with Gasteiger partial charge in [-0.15, -0.1) is 0 Å². The fourth-order valence-electron chi connectivity index (χ4n) is 2.91. The van der Waals surface area contributed by atoms with Crippen LogP contribution in [0.5, 0.6) is 0 Å². The predicted octanol–water partition coefficient (Wildman–Crippen LogP) is 0.762. The maximum absolute atomic E-state index is 5.62. The second-order valence-electron chi connectivity index (χ2n) is 4.17. The van der Waals surface area contributed by atoms with Crippen LogP contribution >= 0.6 is 0 Å². The SMILES string of the molecule is COCC12CC(CN)(C1)C2. The lowest BCUT2D eigenvalue weighted by molar-refractivity contribution is -0.220. The van der Waals surface area contributed by atoms with Crippen LogP contribution in [0.2, 0.25) is 0 Å². The summed E-state index contributed by atoms with van der Waals surface area (Å²) in [6.07, 6.45) is 3.97. The van der Waals surface area contributed by atoms with E-state index in [2.05, 4.69) is 0 Å². The third kappa shape index (κ3) is 0.611. The van der Waals surface area contributed by atoms with Crippen LogP contribution in [0.1, 0.15) is 19.3 Å². The highest BCUT2D eigenvalue weighted by Crippen LogP contribution is 2.72. The Bertz CT molecular complexity index is 136. The van der Waals surface area contributed by atoms with E-state index in [1.54, 1.807) is 7.11 Å². The molecule has 0 radical (unpaired) electrons. The topological polar surface area (TPSA) is 35.2 Å². The van der Waals surface area contributed by atoms with Crippen molar-refractivity contribution in [1.29, 1.82) is 0 Å². The van der Waals surface area contributed by atoms with Crippen molar-refractivity contribution in [3.8, 4) is 0 Å². The summed E-state index contributed by atoms with van der Waals surface area (Å²) in [6, 6.07) is 0. The summed E-state index contributed by atoms with van der Waals surface area (Å²) in [5.74, 6) is 0. The minimum absolute atomic E-state index is 0.568. The van der Waals surface area contributed by atoms with Gasteiger partial charge in [0, 0.05) is 7.11 Å². The first-order chi connectivity index (χ1) is 4.74. The van der Waals surface area contributed by atoms with E-state index in [0.717, 1.165) is 13.2 Å². The van der Waals surface area contributed by atoms with Crippen molar-refractivity contribution in [2.45, 2.75) is 19.3 Å². The molecular formula is C8H15NO. The number of hydrogen-bond donors (Lipinski definition) is 1. The summed E-state index contributed by atoms with van der Waals surface area (Å²) in [4.78, 5) is 0. The van der Waals surface area contributed by atoms with E-state index in [1.807, 2.05) is 0 Å². The van der Waals surface area contributed by atoms with Crippen molar-refractivity contribution >= 4 is 0 Å². The van der Waals surface area contributed by atoms with Crippen molar-refractivity contribution < 1.29 is 4.74 Å². The van der Waals surface area contributed by atoms with Gasteiger partial charge in [0.25, 0.3) is 0 Å². The maximum atomic E-state index is 5.62. The quantitative estimate of drug-likeness (QED) is 0.630. The second-order valence-corrected chi connectivity index (χ2v) is 4.17. The lowest BCUT2D eigenvalue weighted by atomic mass is 9.35. The predicted molar refractivity (Wildman–Crippen MR) is 39.6 cm³/mol. The smallest absolute Gasteiger partial charge is 0.0519 e.